The Kier molecular flexibility index (Phi) is 8.44. The van der Waals surface area contributed by atoms with Gasteiger partial charge in [-0.15, -0.1) is 0 Å². The van der Waals surface area contributed by atoms with Crippen LogP contribution in [0, 0.1) is 0 Å². The number of ether oxygens (including phenoxy) is 2. The van der Waals surface area contributed by atoms with Gasteiger partial charge in [-0.2, -0.15) is 0 Å². The lowest BCUT2D eigenvalue weighted by Gasteiger charge is -2.16. The van der Waals surface area contributed by atoms with Gasteiger partial charge in [-0.25, -0.2) is 0 Å². The van der Waals surface area contributed by atoms with Crippen molar-refractivity contribution in [2.24, 2.45) is 0 Å². The quantitative estimate of drug-likeness (QED) is 0.305. The smallest absolute Gasteiger partial charge is 0.162 e. The Morgan fingerprint density at radius 2 is 1.53 bits per heavy atom. The van der Waals surface area contributed by atoms with E-state index in [1.54, 1.807) is 18.2 Å². The standard InChI is InChI=1S/C22H18BrCl4NO2/c1-2-29-21-6-14(11-28-17-8-15(24)7-16(25)9-17)18(23)10-22(21)30-12-13-3-4-19(26)20(27)5-13/h3-10,28H,2,11-12H2,1H3. The lowest BCUT2D eigenvalue weighted by Crippen LogP contribution is -2.04. The summed E-state index contributed by atoms with van der Waals surface area (Å²) in [6, 6.07) is 14.6. The van der Waals surface area contributed by atoms with Crippen LogP contribution in [0.1, 0.15) is 18.1 Å². The molecule has 158 valence electrons. The number of hydrogen-bond donors (Lipinski definition) is 1. The highest BCUT2D eigenvalue weighted by Crippen LogP contribution is 2.35. The molecule has 1 N–H and O–H groups in total. The van der Waals surface area contributed by atoms with Crippen molar-refractivity contribution in [2.75, 3.05) is 11.9 Å². The lowest BCUT2D eigenvalue weighted by molar-refractivity contribution is 0.269. The predicted molar refractivity (Wildman–Crippen MR) is 130 cm³/mol. The van der Waals surface area contributed by atoms with Crippen LogP contribution in [-0.4, -0.2) is 6.61 Å². The van der Waals surface area contributed by atoms with E-state index in [0.717, 1.165) is 21.3 Å². The molecule has 0 aromatic heterocycles. The molecule has 3 aromatic rings. The fourth-order valence-electron chi connectivity index (χ4n) is 2.74. The van der Waals surface area contributed by atoms with Crippen LogP contribution in [0.4, 0.5) is 5.69 Å². The van der Waals surface area contributed by atoms with E-state index in [0.29, 0.717) is 51.3 Å². The van der Waals surface area contributed by atoms with Crippen molar-refractivity contribution < 1.29 is 9.47 Å². The van der Waals surface area contributed by atoms with Gasteiger partial charge in [0.15, 0.2) is 11.5 Å². The Morgan fingerprint density at radius 1 is 0.833 bits per heavy atom. The second-order valence-corrected chi connectivity index (χ2v) is 8.91. The SMILES string of the molecule is CCOc1cc(CNc2cc(Cl)cc(Cl)c2)c(Br)cc1OCc1ccc(Cl)c(Cl)c1. The Morgan fingerprint density at radius 3 is 2.20 bits per heavy atom. The van der Waals surface area contributed by atoms with Crippen molar-refractivity contribution >= 4 is 68.0 Å². The van der Waals surface area contributed by atoms with Gasteiger partial charge in [-0.1, -0.05) is 68.4 Å². The highest BCUT2D eigenvalue weighted by molar-refractivity contribution is 9.10. The van der Waals surface area contributed by atoms with E-state index in [4.69, 9.17) is 55.9 Å². The molecule has 0 spiro atoms. The molecule has 0 atom stereocenters. The van der Waals surface area contributed by atoms with E-state index in [2.05, 4.69) is 21.2 Å². The van der Waals surface area contributed by atoms with Crippen molar-refractivity contribution in [1.82, 2.24) is 0 Å². The summed E-state index contributed by atoms with van der Waals surface area (Å²) in [5.74, 6) is 1.28. The van der Waals surface area contributed by atoms with E-state index in [9.17, 15) is 0 Å². The topological polar surface area (TPSA) is 30.5 Å². The molecular formula is C22H18BrCl4NO2. The van der Waals surface area contributed by atoms with Gasteiger partial charge < -0.3 is 14.8 Å². The fraction of sp³-hybridized carbons (Fsp3) is 0.182. The van der Waals surface area contributed by atoms with Crippen LogP contribution in [0.25, 0.3) is 0 Å². The zero-order chi connectivity index (χ0) is 21.7. The third-order valence-electron chi connectivity index (χ3n) is 4.14. The average Bonchev–Trinajstić information content (AvgIpc) is 2.69. The molecule has 8 heteroatoms. The van der Waals surface area contributed by atoms with Gasteiger partial charge in [0, 0.05) is 26.8 Å². The van der Waals surface area contributed by atoms with E-state index in [1.165, 1.54) is 0 Å². The first-order valence-electron chi connectivity index (χ1n) is 9.07. The highest BCUT2D eigenvalue weighted by Gasteiger charge is 2.12. The number of rotatable bonds is 8. The maximum Gasteiger partial charge on any atom is 0.162 e. The summed E-state index contributed by atoms with van der Waals surface area (Å²) in [7, 11) is 0. The molecular weight excluding hydrogens is 532 g/mol. The zero-order valence-corrected chi connectivity index (χ0v) is 20.6. The Hall–Kier alpha value is -1.30. The van der Waals surface area contributed by atoms with Crippen molar-refractivity contribution in [1.29, 1.82) is 0 Å². The first kappa shape index (κ1) is 23.4. The van der Waals surface area contributed by atoms with Crippen molar-refractivity contribution in [3.8, 4) is 11.5 Å². The van der Waals surface area contributed by atoms with Crippen LogP contribution in [-0.2, 0) is 13.2 Å². The van der Waals surface area contributed by atoms with Crippen LogP contribution in [0.3, 0.4) is 0 Å². The molecule has 0 amide bonds. The van der Waals surface area contributed by atoms with Crippen molar-refractivity contribution in [3.63, 3.8) is 0 Å². The summed E-state index contributed by atoms with van der Waals surface area (Å²) < 4.78 is 12.7. The fourth-order valence-corrected chi connectivity index (χ4v) is 4.05. The Bertz CT molecular complexity index is 1030. The summed E-state index contributed by atoms with van der Waals surface area (Å²) in [5, 5.41) is 5.47. The zero-order valence-electron chi connectivity index (χ0n) is 15.9. The monoisotopic (exact) mass is 547 g/mol. The maximum absolute atomic E-state index is 6.08. The van der Waals surface area contributed by atoms with Crippen LogP contribution >= 0.6 is 62.3 Å². The second kappa shape index (κ2) is 10.8. The molecule has 0 unspecified atom stereocenters. The van der Waals surface area contributed by atoms with Crippen LogP contribution in [0.15, 0.2) is 53.0 Å². The first-order chi connectivity index (χ1) is 14.4. The third-order valence-corrected chi connectivity index (χ3v) is 6.05. The van der Waals surface area contributed by atoms with E-state index in [1.807, 2.05) is 37.3 Å². The molecule has 0 aliphatic carbocycles. The minimum atomic E-state index is 0.335. The normalized spacial score (nSPS) is 10.7. The minimum absolute atomic E-state index is 0.335. The molecule has 3 nitrogen and oxygen atoms in total. The second-order valence-electron chi connectivity index (χ2n) is 6.37. The maximum atomic E-state index is 6.08. The summed E-state index contributed by atoms with van der Waals surface area (Å²) in [6.07, 6.45) is 0. The molecule has 0 radical (unpaired) electrons. The summed E-state index contributed by atoms with van der Waals surface area (Å²) in [4.78, 5) is 0. The molecule has 3 rings (SSSR count). The van der Waals surface area contributed by atoms with Crippen molar-refractivity contribution in [3.05, 3.63) is 84.2 Å². The molecule has 0 heterocycles. The molecule has 0 aliphatic rings. The molecule has 3 aromatic carbocycles. The van der Waals surface area contributed by atoms with E-state index < -0.39 is 0 Å². The largest absolute Gasteiger partial charge is 0.490 e. The molecule has 0 aliphatic heterocycles. The van der Waals surface area contributed by atoms with Gasteiger partial charge in [0.05, 0.1) is 16.7 Å². The van der Waals surface area contributed by atoms with Gasteiger partial charge >= 0.3 is 0 Å². The first-order valence-corrected chi connectivity index (χ1v) is 11.4. The van der Waals surface area contributed by atoms with Crippen LogP contribution in [0.2, 0.25) is 20.1 Å². The van der Waals surface area contributed by atoms with Gasteiger partial charge in [-0.3, -0.25) is 0 Å². The number of halogens is 5. The van der Waals surface area contributed by atoms with Crippen LogP contribution < -0.4 is 14.8 Å². The van der Waals surface area contributed by atoms with E-state index in [-0.39, 0.29) is 0 Å². The molecule has 0 saturated heterocycles. The Labute approximate surface area is 204 Å². The highest BCUT2D eigenvalue weighted by atomic mass is 79.9. The molecule has 30 heavy (non-hydrogen) atoms. The average molecular weight is 550 g/mol. The van der Waals surface area contributed by atoms with Gasteiger partial charge in [0.25, 0.3) is 0 Å². The van der Waals surface area contributed by atoms with Crippen LogP contribution in [0.5, 0.6) is 11.5 Å². The third kappa shape index (κ3) is 6.35. The summed E-state index contributed by atoms with van der Waals surface area (Å²) >= 11 is 27.8. The van der Waals surface area contributed by atoms with Gasteiger partial charge in [-0.05, 0) is 60.5 Å². The summed E-state index contributed by atoms with van der Waals surface area (Å²) in [5.41, 5.74) is 2.74. The number of nitrogens with one attached hydrogen (secondary N) is 1. The predicted octanol–water partition coefficient (Wildman–Crippen LogP) is 8.65. The minimum Gasteiger partial charge on any atom is -0.490 e. The Balaban J connectivity index is 1.76. The van der Waals surface area contributed by atoms with E-state index >= 15 is 0 Å². The lowest BCUT2D eigenvalue weighted by atomic mass is 10.2. The molecule has 0 saturated carbocycles. The van der Waals surface area contributed by atoms with Gasteiger partial charge in [0.1, 0.15) is 6.61 Å². The number of benzene rings is 3. The number of hydrogen-bond acceptors (Lipinski definition) is 3. The molecule has 0 bridgehead atoms. The summed E-state index contributed by atoms with van der Waals surface area (Å²) in [6.45, 7) is 3.32. The molecule has 0 fully saturated rings. The van der Waals surface area contributed by atoms with Gasteiger partial charge in [0.2, 0.25) is 0 Å². The van der Waals surface area contributed by atoms with Crippen molar-refractivity contribution in [2.45, 2.75) is 20.1 Å². The number of anilines is 1.